The third-order valence-corrected chi connectivity index (χ3v) is 4.02. The van der Waals surface area contributed by atoms with Crippen LogP contribution in [0.1, 0.15) is 22.7 Å². The van der Waals surface area contributed by atoms with Gasteiger partial charge in [-0.2, -0.15) is 0 Å². The van der Waals surface area contributed by atoms with Crippen molar-refractivity contribution in [2.75, 3.05) is 33.9 Å². The van der Waals surface area contributed by atoms with Gasteiger partial charge in [0.25, 0.3) is 0 Å². The molecule has 1 aromatic rings. The van der Waals surface area contributed by atoms with Crippen LogP contribution in [0.25, 0.3) is 0 Å². The molecule has 112 valence electrons. The maximum absolute atomic E-state index is 6.36. The van der Waals surface area contributed by atoms with Gasteiger partial charge < -0.3 is 15.2 Å². The quantitative estimate of drug-likeness (QED) is 0.889. The Morgan fingerprint density at radius 2 is 1.60 bits per heavy atom. The lowest BCUT2D eigenvalue weighted by Crippen LogP contribution is -2.31. The average Bonchev–Trinajstić information content (AvgIpc) is 2.79. The first-order valence-electron chi connectivity index (χ1n) is 7.15. The van der Waals surface area contributed by atoms with Crippen molar-refractivity contribution in [1.82, 2.24) is 4.90 Å². The number of ether oxygens (including phenoxy) is 2. The molecular weight excluding hydrogens is 252 g/mol. The van der Waals surface area contributed by atoms with Crippen LogP contribution >= 0.6 is 0 Å². The summed E-state index contributed by atoms with van der Waals surface area (Å²) in [4.78, 5) is 2.32. The Labute approximate surface area is 121 Å². The standard InChI is InChI=1S/C16H26N2O2/c1-11-5-12(2)7-13(6-11)14(17)8-18-9-15(19-3)16(10-18)20-4/h5-7,14-16H,8-10,17H2,1-4H3. The molecule has 0 saturated carbocycles. The minimum absolute atomic E-state index is 0.0294. The molecular formula is C16H26N2O2. The zero-order valence-corrected chi connectivity index (χ0v) is 12.9. The molecule has 0 amide bonds. The summed E-state index contributed by atoms with van der Waals surface area (Å²) in [7, 11) is 3.48. The lowest BCUT2D eigenvalue weighted by atomic mass is 10.0. The number of likely N-dealkylation sites (tertiary alicyclic amines) is 1. The third kappa shape index (κ3) is 3.58. The maximum atomic E-state index is 6.36. The SMILES string of the molecule is COC1CN(CC(N)c2cc(C)cc(C)c2)CC1OC. The lowest BCUT2D eigenvalue weighted by molar-refractivity contribution is -0.00461. The molecule has 1 saturated heterocycles. The van der Waals surface area contributed by atoms with E-state index in [1.165, 1.54) is 16.7 Å². The summed E-state index contributed by atoms with van der Waals surface area (Å²) in [5, 5.41) is 0. The fourth-order valence-corrected chi connectivity index (χ4v) is 3.03. The fraction of sp³-hybridized carbons (Fsp3) is 0.625. The molecule has 3 atom stereocenters. The summed E-state index contributed by atoms with van der Waals surface area (Å²) >= 11 is 0. The highest BCUT2D eigenvalue weighted by molar-refractivity contribution is 5.30. The highest BCUT2D eigenvalue weighted by Gasteiger charge is 2.33. The van der Waals surface area contributed by atoms with Gasteiger partial charge in [0, 0.05) is 39.9 Å². The summed E-state index contributed by atoms with van der Waals surface area (Å²) in [6.45, 7) is 6.82. The van der Waals surface area contributed by atoms with Gasteiger partial charge in [-0.05, 0) is 19.4 Å². The summed E-state index contributed by atoms with van der Waals surface area (Å²) in [6, 6.07) is 6.56. The fourth-order valence-electron chi connectivity index (χ4n) is 3.03. The molecule has 20 heavy (non-hydrogen) atoms. The van der Waals surface area contributed by atoms with Gasteiger partial charge >= 0.3 is 0 Å². The summed E-state index contributed by atoms with van der Waals surface area (Å²) in [5.41, 5.74) is 10.1. The van der Waals surface area contributed by atoms with Gasteiger partial charge in [0.15, 0.2) is 0 Å². The van der Waals surface area contributed by atoms with E-state index in [1.807, 2.05) is 0 Å². The highest BCUT2D eigenvalue weighted by Crippen LogP contribution is 2.20. The third-order valence-electron chi connectivity index (χ3n) is 4.02. The first-order chi connectivity index (χ1) is 9.53. The zero-order chi connectivity index (χ0) is 14.7. The van der Waals surface area contributed by atoms with Crippen LogP contribution in [0.4, 0.5) is 0 Å². The minimum Gasteiger partial charge on any atom is -0.377 e. The van der Waals surface area contributed by atoms with Crippen molar-refractivity contribution >= 4 is 0 Å². The Kier molecular flexibility index (Phi) is 5.16. The van der Waals surface area contributed by atoms with Crippen LogP contribution in [0.5, 0.6) is 0 Å². The number of hydrogen-bond donors (Lipinski definition) is 1. The Bertz CT molecular complexity index is 418. The molecule has 3 unspecified atom stereocenters. The second-order valence-electron chi connectivity index (χ2n) is 5.79. The Morgan fingerprint density at radius 1 is 1.10 bits per heavy atom. The average molecular weight is 278 g/mol. The van der Waals surface area contributed by atoms with E-state index in [1.54, 1.807) is 14.2 Å². The van der Waals surface area contributed by atoms with Crippen molar-refractivity contribution in [3.05, 3.63) is 34.9 Å². The summed E-state index contributed by atoms with van der Waals surface area (Å²) in [5.74, 6) is 0. The number of benzene rings is 1. The molecule has 1 aromatic carbocycles. The first kappa shape index (κ1) is 15.4. The van der Waals surface area contributed by atoms with E-state index in [2.05, 4.69) is 36.9 Å². The summed E-state index contributed by atoms with van der Waals surface area (Å²) < 4.78 is 10.9. The van der Waals surface area contributed by atoms with Gasteiger partial charge in [0.2, 0.25) is 0 Å². The van der Waals surface area contributed by atoms with Crippen LogP contribution in [-0.4, -0.2) is 51.0 Å². The van der Waals surface area contributed by atoms with Crippen molar-refractivity contribution < 1.29 is 9.47 Å². The van der Waals surface area contributed by atoms with Crippen LogP contribution in [0.15, 0.2) is 18.2 Å². The van der Waals surface area contributed by atoms with Gasteiger partial charge in [-0.1, -0.05) is 29.3 Å². The molecule has 4 heteroatoms. The number of nitrogens with two attached hydrogens (primary N) is 1. The van der Waals surface area contributed by atoms with Crippen molar-refractivity contribution in [3.8, 4) is 0 Å². The topological polar surface area (TPSA) is 47.7 Å². The molecule has 0 aromatic heterocycles. The van der Waals surface area contributed by atoms with Crippen LogP contribution < -0.4 is 5.73 Å². The number of aryl methyl sites for hydroxylation is 2. The minimum atomic E-state index is 0.0294. The number of rotatable bonds is 5. The van der Waals surface area contributed by atoms with Gasteiger partial charge in [0.1, 0.15) is 0 Å². The van der Waals surface area contributed by atoms with Crippen LogP contribution in [0.2, 0.25) is 0 Å². The molecule has 2 rings (SSSR count). The van der Waals surface area contributed by atoms with Gasteiger partial charge in [0.05, 0.1) is 12.2 Å². The molecule has 2 N–H and O–H groups in total. The van der Waals surface area contributed by atoms with Crippen molar-refractivity contribution in [2.45, 2.75) is 32.1 Å². The van der Waals surface area contributed by atoms with Crippen LogP contribution in [0.3, 0.4) is 0 Å². The van der Waals surface area contributed by atoms with Crippen molar-refractivity contribution in [2.24, 2.45) is 5.73 Å². The molecule has 1 fully saturated rings. The Balaban J connectivity index is 1.99. The van der Waals surface area contributed by atoms with Crippen molar-refractivity contribution in [3.63, 3.8) is 0 Å². The van der Waals surface area contributed by atoms with Crippen LogP contribution in [-0.2, 0) is 9.47 Å². The van der Waals surface area contributed by atoms with Crippen molar-refractivity contribution in [1.29, 1.82) is 0 Å². The van der Waals surface area contributed by atoms with Gasteiger partial charge in [-0.15, -0.1) is 0 Å². The van der Waals surface area contributed by atoms with E-state index >= 15 is 0 Å². The predicted molar refractivity (Wildman–Crippen MR) is 80.9 cm³/mol. The van der Waals surface area contributed by atoms with E-state index < -0.39 is 0 Å². The van der Waals surface area contributed by atoms with Crippen LogP contribution in [0, 0.1) is 13.8 Å². The molecule has 1 heterocycles. The molecule has 0 bridgehead atoms. The Morgan fingerprint density at radius 3 is 2.05 bits per heavy atom. The number of hydrogen-bond acceptors (Lipinski definition) is 4. The van der Waals surface area contributed by atoms with E-state index in [0.717, 1.165) is 19.6 Å². The van der Waals surface area contributed by atoms with E-state index in [4.69, 9.17) is 15.2 Å². The first-order valence-corrected chi connectivity index (χ1v) is 7.15. The van der Waals surface area contributed by atoms with E-state index in [9.17, 15) is 0 Å². The molecule has 0 aliphatic carbocycles. The second kappa shape index (κ2) is 6.68. The van der Waals surface area contributed by atoms with E-state index in [0.29, 0.717) is 0 Å². The molecule has 1 aliphatic rings. The number of nitrogens with zero attached hydrogens (tertiary/aromatic N) is 1. The van der Waals surface area contributed by atoms with Gasteiger partial charge in [-0.3, -0.25) is 4.90 Å². The molecule has 0 radical (unpaired) electrons. The lowest BCUT2D eigenvalue weighted by Gasteiger charge is -2.21. The monoisotopic (exact) mass is 278 g/mol. The molecule has 1 aliphatic heterocycles. The smallest absolute Gasteiger partial charge is 0.0971 e. The van der Waals surface area contributed by atoms with Gasteiger partial charge in [-0.25, -0.2) is 0 Å². The predicted octanol–water partition coefficient (Wildman–Crippen LogP) is 1.65. The maximum Gasteiger partial charge on any atom is 0.0971 e. The Hall–Kier alpha value is -0.940. The normalized spacial score (nSPS) is 25.1. The molecule has 0 spiro atoms. The van der Waals surface area contributed by atoms with E-state index in [-0.39, 0.29) is 18.2 Å². The second-order valence-corrected chi connectivity index (χ2v) is 5.79. The summed E-state index contributed by atoms with van der Waals surface area (Å²) in [6.07, 6.45) is 0.290. The number of methoxy groups -OCH3 is 2. The highest BCUT2D eigenvalue weighted by atomic mass is 16.5. The zero-order valence-electron chi connectivity index (χ0n) is 12.9. The largest absolute Gasteiger partial charge is 0.377 e. The molecule has 4 nitrogen and oxygen atoms in total.